The van der Waals surface area contributed by atoms with E-state index in [0.29, 0.717) is 6.61 Å². The number of alkyl halides is 1. The summed E-state index contributed by atoms with van der Waals surface area (Å²) in [5, 5.41) is 0.119. The summed E-state index contributed by atoms with van der Waals surface area (Å²) < 4.78 is 23.8. The van der Waals surface area contributed by atoms with Crippen LogP contribution in [0.3, 0.4) is 0 Å². The van der Waals surface area contributed by atoms with Crippen LogP contribution in [0.15, 0.2) is 18.2 Å². The lowest BCUT2D eigenvalue weighted by atomic mass is 9.93. The van der Waals surface area contributed by atoms with Gasteiger partial charge in [-0.15, -0.1) is 11.6 Å². The zero-order valence-corrected chi connectivity index (χ0v) is 10.5. The minimum absolute atomic E-state index is 0.119. The zero-order chi connectivity index (χ0) is 12.3. The Morgan fingerprint density at radius 1 is 1.53 bits per heavy atom. The summed E-state index contributed by atoms with van der Waals surface area (Å²) in [6.07, 6.45) is 1.61. The molecule has 1 aromatic rings. The van der Waals surface area contributed by atoms with Crippen molar-refractivity contribution in [1.29, 1.82) is 0 Å². The summed E-state index contributed by atoms with van der Waals surface area (Å²) in [7, 11) is 1.46. The average Bonchev–Trinajstić information content (AvgIpc) is 2.32. The lowest BCUT2D eigenvalue weighted by Gasteiger charge is -2.27. The number of hydrogen-bond donors (Lipinski definition) is 0. The molecule has 4 heteroatoms. The molecule has 2 unspecified atom stereocenters. The molecule has 1 fully saturated rings. The summed E-state index contributed by atoms with van der Waals surface area (Å²) in [4.78, 5) is 0. The van der Waals surface area contributed by atoms with Crippen molar-refractivity contribution in [3.8, 4) is 5.75 Å². The summed E-state index contributed by atoms with van der Waals surface area (Å²) in [6.45, 7) is 1.38. The molecule has 0 saturated carbocycles. The van der Waals surface area contributed by atoms with Crippen LogP contribution < -0.4 is 4.74 Å². The van der Waals surface area contributed by atoms with E-state index in [1.807, 2.05) is 6.07 Å². The molecular weight excluding hydrogens is 243 g/mol. The highest BCUT2D eigenvalue weighted by molar-refractivity contribution is 6.20. The minimum atomic E-state index is -0.326. The van der Waals surface area contributed by atoms with Crippen LogP contribution in [0.4, 0.5) is 4.39 Å². The van der Waals surface area contributed by atoms with Crippen LogP contribution >= 0.6 is 11.6 Å². The predicted molar refractivity (Wildman–Crippen MR) is 65.2 cm³/mol. The maximum atomic E-state index is 13.5. The average molecular weight is 259 g/mol. The van der Waals surface area contributed by atoms with Crippen LogP contribution in [0.2, 0.25) is 0 Å². The Morgan fingerprint density at radius 2 is 2.35 bits per heavy atom. The molecule has 1 aliphatic rings. The van der Waals surface area contributed by atoms with Gasteiger partial charge in [0.05, 0.1) is 13.7 Å². The van der Waals surface area contributed by atoms with E-state index >= 15 is 0 Å². The van der Waals surface area contributed by atoms with Gasteiger partial charge in [0.1, 0.15) is 0 Å². The Labute approximate surface area is 106 Å². The fraction of sp³-hybridized carbons (Fsp3) is 0.538. The van der Waals surface area contributed by atoms with Crippen LogP contribution in [-0.2, 0) is 11.2 Å². The van der Waals surface area contributed by atoms with Crippen molar-refractivity contribution in [3.05, 3.63) is 29.6 Å². The lowest BCUT2D eigenvalue weighted by molar-refractivity contribution is 0.0577. The molecule has 94 valence electrons. The van der Waals surface area contributed by atoms with Gasteiger partial charge < -0.3 is 9.47 Å². The Balaban J connectivity index is 2.05. The first-order valence-electron chi connectivity index (χ1n) is 5.75. The van der Waals surface area contributed by atoms with E-state index in [2.05, 4.69) is 0 Å². The number of methoxy groups -OCH3 is 1. The molecule has 2 nitrogen and oxygen atoms in total. The van der Waals surface area contributed by atoms with Crippen LogP contribution in [0.5, 0.6) is 5.75 Å². The Morgan fingerprint density at radius 3 is 3.00 bits per heavy atom. The second-order valence-corrected chi connectivity index (χ2v) is 4.87. The summed E-state index contributed by atoms with van der Waals surface area (Å²) in [5.74, 6) is 0.210. The maximum Gasteiger partial charge on any atom is 0.165 e. The van der Waals surface area contributed by atoms with Gasteiger partial charge in [0.25, 0.3) is 0 Å². The third-order valence-corrected chi connectivity index (χ3v) is 3.67. The number of hydrogen-bond acceptors (Lipinski definition) is 2. The SMILES string of the molecule is COc1ccc(CC2COCCC2Cl)cc1F. The molecule has 2 rings (SSSR count). The molecule has 0 radical (unpaired) electrons. The van der Waals surface area contributed by atoms with Gasteiger partial charge >= 0.3 is 0 Å². The van der Waals surface area contributed by atoms with Gasteiger partial charge in [-0.05, 0) is 30.5 Å². The second kappa shape index (κ2) is 5.69. The summed E-state index contributed by atoms with van der Waals surface area (Å²) >= 11 is 6.23. The van der Waals surface area contributed by atoms with Crippen LogP contribution in [0.25, 0.3) is 0 Å². The molecule has 1 aromatic carbocycles. The van der Waals surface area contributed by atoms with E-state index in [0.717, 1.165) is 25.0 Å². The molecule has 0 spiro atoms. The summed E-state index contributed by atoms with van der Waals surface area (Å²) in [5.41, 5.74) is 0.935. The Hall–Kier alpha value is -0.800. The van der Waals surface area contributed by atoms with Gasteiger partial charge in [-0.25, -0.2) is 4.39 Å². The highest BCUT2D eigenvalue weighted by atomic mass is 35.5. The smallest absolute Gasteiger partial charge is 0.165 e. The number of benzene rings is 1. The van der Waals surface area contributed by atoms with Gasteiger partial charge in [0, 0.05) is 17.9 Å². The molecule has 0 aromatic heterocycles. The first-order chi connectivity index (χ1) is 8.20. The van der Waals surface area contributed by atoms with Crippen LogP contribution in [0, 0.1) is 11.7 Å². The minimum Gasteiger partial charge on any atom is -0.494 e. The van der Waals surface area contributed by atoms with E-state index in [1.54, 1.807) is 6.07 Å². The van der Waals surface area contributed by atoms with Crippen molar-refractivity contribution in [1.82, 2.24) is 0 Å². The van der Waals surface area contributed by atoms with Crippen LogP contribution in [-0.4, -0.2) is 25.7 Å². The molecule has 0 bridgehead atoms. The molecule has 1 heterocycles. The number of ether oxygens (including phenoxy) is 2. The van der Waals surface area contributed by atoms with Gasteiger partial charge in [-0.2, -0.15) is 0 Å². The third kappa shape index (κ3) is 3.11. The molecule has 17 heavy (non-hydrogen) atoms. The van der Waals surface area contributed by atoms with Crippen molar-refractivity contribution in [3.63, 3.8) is 0 Å². The van der Waals surface area contributed by atoms with Crippen molar-refractivity contribution in [2.75, 3.05) is 20.3 Å². The van der Waals surface area contributed by atoms with E-state index in [4.69, 9.17) is 21.1 Å². The Kier molecular flexibility index (Phi) is 4.24. The molecule has 0 N–H and O–H groups in total. The van der Waals surface area contributed by atoms with E-state index < -0.39 is 0 Å². The van der Waals surface area contributed by atoms with Crippen molar-refractivity contribution < 1.29 is 13.9 Å². The quantitative estimate of drug-likeness (QED) is 0.776. The highest BCUT2D eigenvalue weighted by Gasteiger charge is 2.24. The first kappa shape index (κ1) is 12.7. The van der Waals surface area contributed by atoms with Gasteiger partial charge in [0.15, 0.2) is 11.6 Å². The third-order valence-electron chi connectivity index (χ3n) is 3.10. The van der Waals surface area contributed by atoms with Crippen molar-refractivity contribution >= 4 is 11.6 Å². The fourth-order valence-corrected chi connectivity index (χ4v) is 2.35. The monoisotopic (exact) mass is 258 g/mol. The van der Waals surface area contributed by atoms with Crippen molar-refractivity contribution in [2.45, 2.75) is 18.2 Å². The normalized spacial score (nSPS) is 24.6. The Bertz CT molecular complexity index is 384. The first-order valence-corrected chi connectivity index (χ1v) is 6.18. The van der Waals surface area contributed by atoms with Gasteiger partial charge in [0.2, 0.25) is 0 Å². The number of rotatable bonds is 3. The van der Waals surface area contributed by atoms with Gasteiger partial charge in [-0.1, -0.05) is 6.07 Å². The molecule has 0 amide bonds. The standard InChI is InChI=1S/C13H16ClFO2/c1-16-13-3-2-9(7-12(13)15)6-10-8-17-5-4-11(10)14/h2-3,7,10-11H,4-6,8H2,1H3. The molecule has 2 atom stereocenters. The largest absolute Gasteiger partial charge is 0.494 e. The van der Waals surface area contributed by atoms with Gasteiger partial charge in [-0.3, -0.25) is 0 Å². The maximum absolute atomic E-state index is 13.5. The van der Waals surface area contributed by atoms with E-state index in [1.165, 1.54) is 13.2 Å². The molecule has 1 saturated heterocycles. The molecule has 0 aliphatic carbocycles. The highest BCUT2D eigenvalue weighted by Crippen LogP contribution is 2.26. The van der Waals surface area contributed by atoms with Crippen molar-refractivity contribution in [2.24, 2.45) is 5.92 Å². The zero-order valence-electron chi connectivity index (χ0n) is 9.79. The molecule has 1 aliphatic heterocycles. The summed E-state index contributed by atoms with van der Waals surface area (Å²) in [6, 6.07) is 5.04. The second-order valence-electron chi connectivity index (χ2n) is 4.31. The lowest BCUT2D eigenvalue weighted by Crippen LogP contribution is -2.29. The van der Waals surface area contributed by atoms with E-state index in [9.17, 15) is 4.39 Å². The molecular formula is C13H16ClFO2. The predicted octanol–water partition coefficient (Wildman–Crippen LogP) is 3.02. The van der Waals surface area contributed by atoms with Crippen LogP contribution in [0.1, 0.15) is 12.0 Å². The fourth-order valence-electron chi connectivity index (χ4n) is 2.10. The topological polar surface area (TPSA) is 18.5 Å². The number of halogens is 2. The van der Waals surface area contributed by atoms with E-state index in [-0.39, 0.29) is 22.9 Å².